The fourth-order valence-electron chi connectivity index (χ4n) is 2.57. The van der Waals surface area contributed by atoms with Crippen molar-refractivity contribution in [3.63, 3.8) is 0 Å². The number of aromatic nitrogens is 2. The molecule has 0 amide bonds. The maximum atomic E-state index is 11.9. The standard InChI is InChI=1S/C18H19N3O3/c1-23-17-10-6-5-7-14(17)11-12-19-13-16-18(22)24-20-21(16)15-8-3-2-4-9-15/h2-10,19H,11-13H2,1H3/p+1. The Morgan fingerprint density at radius 3 is 2.67 bits per heavy atom. The molecule has 1 aromatic heterocycles. The van der Waals surface area contributed by atoms with Gasteiger partial charge in [-0.25, -0.2) is 4.79 Å². The van der Waals surface area contributed by atoms with E-state index in [4.69, 9.17) is 9.26 Å². The van der Waals surface area contributed by atoms with Crippen LogP contribution in [0.25, 0.3) is 5.69 Å². The third-order valence-corrected chi connectivity index (χ3v) is 3.81. The van der Waals surface area contributed by atoms with Crippen LogP contribution in [-0.4, -0.2) is 18.9 Å². The van der Waals surface area contributed by atoms with Crippen molar-refractivity contribution in [2.24, 2.45) is 0 Å². The second kappa shape index (κ2) is 7.61. The molecule has 0 aliphatic carbocycles. The molecule has 2 N–H and O–H groups in total. The van der Waals surface area contributed by atoms with Crippen LogP contribution < -0.4 is 20.4 Å². The van der Waals surface area contributed by atoms with Crippen molar-refractivity contribution >= 4 is 0 Å². The SMILES string of the molecule is COc1ccccc1CCNCc1c(=O)o[nH][n+]1-c1ccccc1. The molecule has 0 saturated heterocycles. The van der Waals surface area contributed by atoms with Gasteiger partial charge in [0.05, 0.1) is 13.7 Å². The Labute approximate surface area is 139 Å². The zero-order valence-electron chi connectivity index (χ0n) is 13.5. The highest BCUT2D eigenvalue weighted by Crippen LogP contribution is 2.17. The number of hydrogen-bond acceptors (Lipinski definition) is 4. The Balaban J connectivity index is 1.64. The molecule has 0 atom stereocenters. The van der Waals surface area contributed by atoms with E-state index in [0.717, 1.165) is 30.0 Å². The smallest absolute Gasteiger partial charge is 0.431 e. The summed E-state index contributed by atoms with van der Waals surface area (Å²) in [6.07, 6.45) is 0.811. The van der Waals surface area contributed by atoms with Crippen molar-refractivity contribution in [1.82, 2.24) is 10.6 Å². The lowest BCUT2D eigenvalue weighted by Gasteiger charge is -2.07. The molecule has 124 valence electrons. The minimum Gasteiger partial charge on any atom is -0.496 e. The number of nitrogens with zero attached hydrogens (tertiary/aromatic N) is 1. The van der Waals surface area contributed by atoms with Crippen molar-refractivity contribution in [2.45, 2.75) is 13.0 Å². The summed E-state index contributed by atoms with van der Waals surface area (Å²) in [4.78, 5) is 11.9. The Morgan fingerprint density at radius 2 is 1.88 bits per heavy atom. The van der Waals surface area contributed by atoms with Gasteiger partial charge in [0.1, 0.15) is 5.75 Å². The molecule has 0 fully saturated rings. The predicted octanol–water partition coefficient (Wildman–Crippen LogP) is 1.59. The zero-order chi connectivity index (χ0) is 16.8. The maximum Gasteiger partial charge on any atom is 0.431 e. The summed E-state index contributed by atoms with van der Waals surface area (Å²) in [6, 6.07) is 17.5. The molecule has 3 rings (SSSR count). The highest BCUT2D eigenvalue weighted by molar-refractivity contribution is 5.33. The lowest BCUT2D eigenvalue weighted by molar-refractivity contribution is -0.677. The third kappa shape index (κ3) is 3.55. The van der Waals surface area contributed by atoms with E-state index in [2.05, 4.69) is 10.6 Å². The van der Waals surface area contributed by atoms with Crippen molar-refractivity contribution in [3.8, 4) is 11.4 Å². The minimum absolute atomic E-state index is 0.372. The first-order valence-electron chi connectivity index (χ1n) is 7.80. The first-order chi connectivity index (χ1) is 11.8. The summed E-state index contributed by atoms with van der Waals surface area (Å²) >= 11 is 0. The molecule has 0 aliphatic rings. The third-order valence-electron chi connectivity index (χ3n) is 3.81. The first-order valence-corrected chi connectivity index (χ1v) is 7.80. The Bertz CT molecular complexity index is 840. The highest BCUT2D eigenvalue weighted by atomic mass is 16.5. The van der Waals surface area contributed by atoms with Gasteiger partial charge in [-0.2, -0.15) is 0 Å². The quantitative estimate of drug-likeness (QED) is 0.511. The van der Waals surface area contributed by atoms with Crippen LogP contribution in [0.15, 0.2) is 63.9 Å². The van der Waals surface area contributed by atoms with Crippen LogP contribution in [0.5, 0.6) is 5.75 Å². The molecule has 0 bridgehead atoms. The van der Waals surface area contributed by atoms with Crippen molar-refractivity contribution in [3.05, 3.63) is 76.3 Å². The van der Waals surface area contributed by atoms with E-state index in [0.29, 0.717) is 12.2 Å². The predicted molar refractivity (Wildman–Crippen MR) is 89.3 cm³/mol. The van der Waals surface area contributed by atoms with Gasteiger partial charge < -0.3 is 10.1 Å². The van der Waals surface area contributed by atoms with E-state index < -0.39 is 0 Å². The number of nitrogens with one attached hydrogen (secondary N) is 2. The fourth-order valence-corrected chi connectivity index (χ4v) is 2.57. The molecular weight excluding hydrogens is 306 g/mol. The van der Waals surface area contributed by atoms with Gasteiger partial charge in [0.15, 0.2) is 0 Å². The summed E-state index contributed by atoms with van der Waals surface area (Å²) in [5, 5.41) is 5.92. The molecule has 6 heteroatoms. The van der Waals surface area contributed by atoms with E-state index in [9.17, 15) is 4.79 Å². The molecule has 0 saturated carbocycles. The summed E-state index contributed by atoms with van der Waals surface area (Å²) in [5.74, 6) is 0.875. The molecule has 2 aromatic carbocycles. The van der Waals surface area contributed by atoms with Crippen LogP contribution in [0.4, 0.5) is 0 Å². The molecular formula is C18H20N3O3+. The van der Waals surface area contributed by atoms with Gasteiger partial charge in [-0.3, -0.25) is 4.52 Å². The lowest BCUT2D eigenvalue weighted by Crippen LogP contribution is -2.41. The molecule has 0 unspecified atom stereocenters. The van der Waals surface area contributed by atoms with E-state index in [1.165, 1.54) is 0 Å². The summed E-state index contributed by atoms with van der Waals surface area (Å²) in [6.45, 7) is 1.13. The number of hydrogen-bond donors (Lipinski definition) is 2. The van der Waals surface area contributed by atoms with Crippen LogP contribution >= 0.6 is 0 Å². The van der Waals surface area contributed by atoms with Gasteiger partial charge >= 0.3 is 11.3 Å². The molecule has 0 spiro atoms. The molecule has 24 heavy (non-hydrogen) atoms. The molecule has 1 heterocycles. The Kier molecular flexibility index (Phi) is 5.08. The number of benzene rings is 2. The molecule has 6 nitrogen and oxygen atoms in total. The van der Waals surface area contributed by atoms with Gasteiger partial charge in [0.25, 0.3) is 0 Å². The van der Waals surface area contributed by atoms with Crippen molar-refractivity contribution < 1.29 is 13.9 Å². The van der Waals surface area contributed by atoms with Crippen molar-refractivity contribution in [1.29, 1.82) is 0 Å². The number of H-pyrrole nitrogens is 1. The summed E-state index contributed by atoms with van der Waals surface area (Å²) in [5.41, 5.74) is 2.14. The van der Waals surface area contributed by atoms with Crippen molar-refractivity contribution in [2.75, 3.05) is 13.7 Å². The molecule has 0 aliphatic heterocycles. The van der Waals surface area contributed by atoms with Crippen LogP contribution in [0.3, 0.4) is 0 Å². The van der Waals surface area contributed by atoms with E-state index in [1.54, 1.807) is 11.8 Å². The minimum atomic E-state index is -0.372. The summed E-state index contributed by atoms with van der Waals surface area (Å²) in [7, 11) is 1.67. The van der Waals surface area contributed by atoms with Gasteiger partial charge in [-0.05, 0) is 34.5 Å². The van der Waals surface area contributed by atoms with Crippen LogP contribution in [0.2, 0.25) is 0 Å². The van der Waals surface area contributed by atoms with Gasteiger partial charge in [-0.1, -0.05) is 36.4 Å². The fraction of sp³-hybridized carbons (Fsp3) is 0.222. The average Bonchev–Trinajstić information content (AvgIpc) is 3.00. The number of rotatable bonds is 7. The van der Waals surface area contributed by atoms with E-state index in [1.807, 2.05) is 54.6 Å². The van der Waals surface area contributed by atoms with Gasteiger partial charge in [0, 0.05) is 12.1 Å². The number of methoxy groups -OCH3 is 1. The van der Waals surface area contributed by atoms with Gasteiger partial charge in [0.2, 0.25) is 5.69 Å². The average molecular weight is 326 g/mol. The number of aromatic amines is 1. The lowest BCUT2D eigenvalue weighted by atomic mass is 10.1. The van der Waals surface area contributed by atoms with Gasteiger partial charge in [-0.15, -0.1) is 0 Å². The normalized spacial score (nSPS) is 10.7. The molecule has 3 aromatic rings. The first kappa shape index (κ1) is 16.0. The Hall–Kier alpha value is -2.86. The Morgan fingerprint density at radius 1 is 1.12 bits per heavy atom. The topological polar surface area (TPSA) is 71.1 Å². The summed E-state index contributed by atoms with van der Waals surface area (Å²) < 4.78 is 11.9. The largest absolute Gasteiger partial charge is 0.496 e. The van der Waals surface area contributed by atoms with Crippen LogP contribution in [-0.2, 0) is 13.0 Å². The monoisotopic (exact) mass is 326 g/mol. The second-order valence-electron chi connectivity index (χ2n) is 5.34. The molecule has 0 radical (unpaired) electrons. The maximum absolute atomic E-state index is 11.9. The second-order valence-corrected chi connectivity index (χ2v) is 5.34. The van der Waals surface area contributed by atoms with Crippen LogP contribution in [0, 0.1) is 0 Å². The highest BCUT2D eigenvalue weighted by Gasteiger charge is 2.22. The number of ether oxygens (including phenoxy) is 1. The van der Waals surface area contributed by atoms with E-state index >= 15 is 0 Å². The number of para-hydroxylation sites is 2. The zero-order valence-corrected chi connectivity index (χ0v) is 13.5. The van der Waals surface area contributed by atoms with E-state index in [-0.39, 0.29) is 5.63 Å². The van der Waals surface area contributed by atoms with Crippen LogP contribution in [0.1, 0.15) is 11.3 Å².